The van der Waals surface area contributed by atoms with Gasteiger partial charge in [-0.3, -0.25) is 10.5 Å². The zero-order valence-electron chi connectivity index (χ0n) is 3.38. The van der Waals surface area contributed by atoms with E-state index < -0.39 is 18.0 Å². The predicted molar refractivity (Wildman–Crippen MR) is 19.1 cm³/mol. The van der Waals surface area contributed by atoms with Crippen LogP contribution in [0, 0.1) is 0 Å². The molecule has 7 heavy (non-hydrogen) atoms. The summed E-state index contributed by atoms with van der Waals surface area (Å²) in [5.41, 5.74) is 4.82. The Bertz CT molecular complexity index is 130. The van der Waals surface area contributed by atoms with E-state index in [1.165, 1.54) is 0 Å². The van der Waals surface area contributed by atoms with Gasteiger partial charge in [0.25, 0.3) is 5.78 Å². The second-order valence-corrected chi connectivity index (χ2v) is 1.19. The van der Waals surface area contributed by atoms with Crippen molar-refractivity contribution in [3.05, 3.63) is 0 Å². The highest BCUT2D eigenvalue weighted by Gasteiger charge is 2.37. The van der Waals surface area contributed by atoms with E-state index in [0.717, 1.165) is 0 Å². The number of esters is 1. The summed E-state index contributed by atoms with van der Waals surface area (Å²) in [7, 11) is 0. The van der Waals surface area contributed by atoms with Crippen LogP contribution in [0.4, 0.5) is 0 Å². The lowest BCUT2D eigenvalue weighted by Gasteiger charge is -2.17. The molecule has 0 radical (unpaired) electrons. The molecule has 1 unspecified atom stereocenters. The van der Waals surface area contributed by atoms with Gasteiger partial charge in [-0.1, -0.05) is 0 Å². The fourth-order valence-corrected chi connectivity index (χ4v) is 0.285. The summed E-state index contributed by atoms with van der Waals surface area (Å²) in [6.45, 7) is 0. The standard InChI is InChI=1S/C3H3NO3/c4-2-1(5)3(6)7-2/h2H,4H2. The number of nitrogens with two attached hydrogens (primary N) is 1. The third-order valence-electron chi connectivity index (χ3n) is 0.694. The molecule has 0 aromatic rings. The first-order valence-corrected chi connectivity index (χ1v) is 1.72. The van der Waals surface area contributed by atoms with E-state index >= 15 is 0 Å². The van der Waals surface area contributed by atoms with E-state index in [1.54, 1.807) is 0 Å². The molecule has 0 aromatic carbocycles. The van der Waals surface area contributed by atoms with Gasteiger partial charge >= 0.3 is 5.97 Å². The molecule has 0 aliphatic carbocycles. The molecule has 0 amide bonds. The molecule has 38 valence electrons. The molecule has 1 heterocycles. The summed E-state index contributed by atoms with van der Waals surface area (Å²) in [5, 5.41) is 0. The second kappa shape index (κ2) is 1.04. The van der Waals surface area contributed by atoms with Crippen molar-refractivity contribution in [1.29, 1.82) is 0 Å². The summed E-state index contributed by atoms with van der Waals surface area (Å²) < 4.78 is 4.04. The zero-order chi connectivity index (χ0) is 5.44. The monoisotopic (exact) mass is 101 g/mol. The van der Waals surface area contributed by atoms with E-state index in [1.807, 2.05) is 0 Å². The lowest BCUT2D eigenvalue weighted by Crippen LogP contribution is -2.51. The Balaban J connectivity index is 2.60. The van der Waals surface area contributed by atoms with Crippen LogP contribution in [0.3, 0.4) is 0 Å². The van der Waals surface area contributed by atoms with Crippen LogP contribution in [0.15, 0.2) is 0 Å². The molecule has 2 N–H and O–H groups in total. The van der Waals surface area contributed by atoms with Crippen LogP contribution in [-0.2, 0) is 14.3 Å². The Morgan fingerprint density at radius 2 is 2.14 bits per heavy atom. The molecule has 1 aliphatic heterocycles. The van der Waals surface area contributed by atoms with Gasteiger partial charge in [0, 0.05) is 0 Å². The normalized spacial score (nSPS) is 29.0. The minimum absolute atomic E-state index is 0.639. The van der Waals surface area contributed by atoms with Crippen LogP contribution in [0.25, 0.3) is 0 Å². The topological polar surface area (TPSA) is 69.4 Å². The molecule has 0 bridgehead atoms. The average Bonchev–Trinajstić information content (AvgIpc) is 1.68. The maximum atomic E-state index is 9.96. The molecule has 1 fully saturated rings. The molecule has 0 aromatic heterocycles. The van der Waals surface area contributed by atoms with Gasteiger partial charge in [0.1, 0.15) is 0 Å². The summed E-state index contributed by atoms with van der Waals surface area (Å²) in [5.74, 6) is -1.47. The number of Topliss-reactive ketones (excluding diaryl/α,β-unsaturated/α-hetero) is 1. The Hall–Kier alpha value is -0.900. The van der Waals surface area contributed by atoms with Gasteiger partial charge in [-0.05, 0) is 0 Å². The third-order valence-corrected chi connectivity index (χ3v) is 0.694. The highest BCUT2D eigenvalue weighted by atomic mass is 16.6. The lowest BCUT2D eigenvalue weighted by atomic mass is 10.3. The number of hydrogen-bond donors (Lipinski definition) is 1. The summed E-state index contributed by atoms with van der Waals surface area (Å²) in [4.78, 5) is 19.8. The predicted octanol–water partition coefficient (Wildman–Crippen LogP) is -1.60. The number of carbonyl (C=O) groups excluding carboxylic acids is 2. The van der Waals surface area contributed by atoms with E-state index in [0.29, 0.717) is 0 Å². The molecule has 0 saturated carbocycles. The van der Waals surface area contributed by atoms with Crippen LogP contribution < -0.4 is 5.73 Å². The molecule has 1 atom stereocenters. The summed E-state index contributed by atoms with van der Waals surface area (Å²) >= 11 is 0. The molecule has 4 heteroatoms. The van der Waals surface area contributed by atoms with Crippen molar-refractivity contribution in [3.63, 3.8) is 0 Å². The van der Waals surface area contributed by atoms with Crippen molar-refractivity contribution in [3.8, 4) is 0 Å². The molecule has 0 spiro atoms. The largest absolute Gasteiger partial charge is 0.433 e. The van der Waals surface area contributed by atoms with Gasteiger partial charge in [-0.15, -0.1) is 0 Å². The van der Waals surface area contributed by atoms with Crippen LogP contribution in [-0.4, -0.2) is 18.0 Å². The maximum Gasteiger partial charge on any atom is 0.382 e. The Morgan fingerprint density at radius 3 is 2.14 bits per heavy atom. The van der Waals surface area contributed by atoms with E-state index in [-0.39, 0.29) is 0 Å². The van der Waals surface area contributed by atoms with Crippen molar-refractivity contribution in [2.24, 2.45) is 5.73 Å². The van der Waals surface area contributed by atoms with Crippen molar-refractivity contribution in [2.45, 2.75) is 6.23 Å². The van der Waals surface area contributed by atoms with Gasteiger partial charge in [0.05, 0.1) is 0 Å². The first-order chi connectivity index (χ1) is 3.22. The number of hydrogen-bond acceptors (Lipinski definition) is 4. The van der Waals surface area contributed by atoms with Crippen LogP contribution in [0.2, 0.25) is 0 Å². The first-order valence-electron chi connectivity index (χ1n) is 1.72. The fraction of sp³-hybridized carbons (Fsp3) is 0.333. The minimum Gasteiger partial charge on any atom is -0.433 e. The Morgan fingerprint density at radius 1 is 1.57 bits per heavy atom. The van der Waals surface area contributed by atoms with Gasteiger partial charge in [0.2, 0.25) is 6.23 Å². The second-order valence-electron chi connectivity index (χ2n) is 1.19. The Kier molecular flexibility index (Phi) is 0.631. The lowest BCUT2D eigenvalue weighted by molar-refractivity contribution is -0.178. The molecule has 4 nitrogen and oxygen atoms in total. The minimum atomic E-state index is -0.979. The number of ether oxygens (including phenoxy) is 1. The number of carbonyl (C=O) groups is 2. The van der Waals surface area contributed by atoms with Crippen LogP contribution >= 0.6 is 0 Å². The summed E-state index contributed by atoms with van der Waals surface area (Å²) in [6, 6.07) is 0. The maximum absolute atomic E-state index is 9.96. The molecule has 1 rings (SSSR count). The first kappa shape index (κ1) is 4.26. The Labute approximate surface area is 39.2 Å². The van der Waals surface area contributed by atoms with Crippen LogP contribution in [0.5, 0.6) is 0 Å². The van der Waals surface area contributed by atoms with Crippen molar-refractivity contribution >= 4 is 11.8 Å². The van der Waals surface area contributed by atoms with E-state index in [2.05, 4.69) is 4.74 Å². The molecular weight excluding hydrogens is 98.0 g/mol. The third kappa shape index (κ3) is 0.398. The number of rotatable bonds is 0. The van der Waals surface area contributed by atoms with Crippen LogP contribution in [0.1, 0.15) is 0 Å². The molecule has 1 aliphatic rings. The smallest absolute Gasteiger partial charge is 0.382 e. The van der Waals surface area contributed by atoms with Gasteiger partial charge in [-0.25, -0.2) is 4.79 Å². The SMILES string of the molecule is NC1OC(=O)C1=O. The van der Waals surface area contributed by atoms with Crippen molar-refractivity contribution in [1.82, 2.24) is 0 Å². The van der Waals surface area contributed by atoms with E-state index in [4.69, 9.17) is 5.73 Å². The number of cyclic esters (lactones) is 1. The summed E-state index contributed by atoms with van der Waals surface area (Å²) in [6.07, 6.45) is -0.979. The fourth-order valence-electron chi connectivity index (χ4n) is 0.285. The molecule has 1 saturated heterocycles. The zero-order valence-corrected chi connectivity index (χ0v) is 3.38. The molecular formula is C3H3NO3. The quantitative estimate of drug-likeness (QED) is 0.294. The van der Waals surface area contributed by atoms with Crippen molar-refractivity contribution < 1.29 is 14.3 Å². The highest BCUT2D eigenvalue weighted by Crippen LogP contribution is 2.00. The van der Waals surface area contributed by atoms with Gasteiger partial charge in [0.15, 0.2) is 0 Å². The van der Waals surface area contributed by atoms with Gasteiger partial charge in [-0.2, -0.15) is 0 Å². The number of ketones is 1. The average molecular weight is 101 g/mol. The van der Waals surface area contributed by atoms with Crippen molar-refractivity contribution in [2.75, 3.05) is 0 Å². The highest BCUT2D eigenvalue weighted by molar-refractivity contribution is 6.40. The van der Waals surface area contributed by atoms with Gasteiger partial charge < -0.3 is 4.74 Å². The van der Waals surface area contributed by atoms with E-state index in [9.17, 15) is 9.59 Å².